The average molecular weight is 475 g/mol. The summed E-state index contributed by atoms with van der Waals surface area (Å²) >= 11 is 0. The van der Waals surface area contributed by atoms with Gasteiger partial charge in [-0.05, 0) is 57.5 Å². The largest absolute Gasteiger partial charge is 0.486 e. The van der Waals surface area contributed by atoms with Crippen molar-refractivity contribution in [3.63, 3.8) is 0 Å². The summed E-state index contributed by atoms with van der Waals surface area (Å²) in [6, 6.07) is 16.0. The summed E-state index contributed by atoms with van der Waals surface area (Å²) < 4.78 is 13.2. The maximum absolute atomic E-state index is 12.8. The van der Waals surface area contributed by atoms with Gasteiger partial charge in [0, 0.05) is 11.6 Å². The molecule has 2 heterocycles. The lowest BCUT2D eigenvalue weighted by Crippen LogP contribution is -2.12. The summed E-state index contributed by atoms with van der Waals surface area (Å²) in [5.74, 6) is 0.690. The number of aromatic nitrogens is 2. The van der Waals surface area contributed by atoms with Crippen molar-refractivity contribution in [3.05, 3.63) is 104 Å². The number of hydrogen-bond donors (Lipinski definition) is 1. The lowest BCUT2D eigenvalue weighted by Gasteiger charge is -2.07. The Labute approximate surface area is 202 Å². The molecule has 2 aromatic heterocycles. The zero-order chi connectivity index (χ0) is 25.1. The topological polar surface area (TPSA) is 112 Å². The van der Waals surface area contributed by atoms with E-state index >= 15 is 0 Å². The minimum atomic E-state index is -0.438. The summed E-state index contributed by atoms with van der Waals surface area (Å²) in [4.78, 5) is 23.3. The van der Waals surface area contributed by atoms with Gasteiger partial charge in [0.1, 0.15) is 18.1 Å². The van der Waals surface area contributed by atoms with Crippen molar-refractivity contribution in [3.8, 4) is 5.75 Å². The minimum Gasteiger partial charge on any atom is -0.486 e. The van der Waals surface area contributed by atoms with Gasteiger partial charge < -0.3 is 14.5 Å². The van der Waals surface area contributed by atoms with Gasteiger partial charge in [0.2, 0.25) is 0 Å². The second-order valence-electron chi connectivity index (χ2n) is 8.41. The normalized spacial score (nSPS) is 10.9. The zero-order valence-corrected chi connectivity index (χ0v) is 20.0. The summed E-state index contributed by atoms with van der Waals surface area (Å²) in [6.07, 6.45) is 0. The molecule has 4 aromatic rings. The lowest BCUT2D eigenvalue weighted by molar-refractivity contribution is -0.385. The number of nitrogens with one attached hydrogen (secondary N) is 1. The van der Waals surface area contributed by atoms with Gasteiger partial charge in [0.25, 0.3) is 11.6 Å². The van der Waals surface area contributed by atoms with Gasteiger partial charge in [-0.25, -0.2) is 0 Å². The Morgan fingerprint density at radius 2 is 1.91 bits per heavy atom. The Morgan fingerprint density at radius 3 is 2.63 bits per heavy atom. The summed E-state index contributed by atoms with van der Waals surface area (Å²) in [7, 11) is 0. The van der Waals surface area contributed by atoms with Crippen LogP contribution in [0.1, 0.15) is 44.4 Å². The molecule has 0 bridgehead atoms. The molecule has 9 heteroatoms. The molecule has 0 fully saturated rings. The van der Waals surface area contributed by atoms with E-state index in [0.29, 0.717) is 35.0 Å². The third-order valence-electron chi connectivity index (χ3n) is 5.67. The molecule has 1 amide bonds. The Balaban J connectivity index is 1.40. The fourth-order valence-corrected chi connectivity index (χ4v) is 3.84. The van der Waals surface area contributed by atoms with Crippen LogP contribution >= 0.6 is 0 Å². The molecule has 180 valence electrons. The molecule has 35 heavy (non-hydrogen) atoms. The number of benzene rings is 2. The van der Waals surface area contributed by atoms with Crippen LogP contribution in [0.15, 0.2) is 59.0 Å². The van der Waals surface area contributed by atoms with Crippen LogP contribution in [0.5, 0.6) is 5.75 Å². The van der Waals surface area contributed by atoms with Crippen molar-refractivity contribution in [1.82, 2.24) is 9.78 Å². The van der Waals surface area contributed by atoms with Crippen LogP contribution in [-0.4, -0.2) is 20.6 Å². The molecule has 0 aliphatic carbocycles. The monoisotopic (exact) mass is 474 g/mol. The van der Waals surface area contributed by atoms with Crippen LogP contribution in [0.25, 0.3) is 0 Å². The Hall–Kier alpha value is -4.40. The maximum Gasteiger partial charge on any atom is 0.291 e. The summed E-state index contributed by atoms with van der Waals surface area (Å²) in [6.45, 7) is 8.15. The third kappa shape index (κ3) is 5.40. The molecule has 2 aromatic carbocycles. The molecule has 0 atom stereocenters. The van der Waals surface area contributed by atoms with E-state index in [0.717, 1.165) is 11.3 Å². The zero-order valence-electron chi connectivity index (χ0n) is 20.0. The van der Waals surface area contributed by atoms with E-state index in [2.05, 4.69) is 16.5 Å². The third-order valence-corrected chi connectivity index (χ3v) is 5.67. The van der Waals surface area contributed by atoms with Gasteiger partial charge in [-0.3, -0.25) is 19.6 Å². The number of ether oxygens (including phenoxy) is 1. The molecule has 0 radical (unpaired) electrons. The lowest BCUT2D eigenvalue weighted by atomic mass is 10.1. The molecule has 1 N–H and O–H groups in total. The highest BCUT2D eigenvalue weighted by molar-refractivity contribution is 6.02. The first-order valence-corrected chi connectivity index (χ1v) is 11.1. The van der Waals surface area contributed by atoms with E-state index in [9.17, 15) is 14.9 Å². The highest BCUT2D eigenvalue weighted by atomic mass is 16.6. The number of aryl methyl sites for hydroxylation is 3. The Morgan fingerprint density at radius 1 is 1.11 bits per heavy atom. The number of anilines is 1. The van der Waals surface area contributed by atoms with Crippen LogP contribution < -0.4 is 10.1 Å². The van der Waals surface area contributed by atoms with Crippen LogP contribution in [0.4, 0.5) is 11.4 Å². The molecule has 0 unspecified atom stereocenters. The highest BCUT2D eigenvalue weighted by Crippen LogP contribution is 2.25. The standard InChI is InChI=1S/C26H26N4O5/c1-16-6-5-7-20(12-16)14-29-19(4)25(18(3)28-29)27-26(31)24-11-9-22(35-24)15-34-21-8-10-23(30(32)33)17(2)13-21/h5-13H,14-15H2,1-4H3,(H,27,31). The van der Waals surface area contributed by atoms with E-state index in [-0.39, 0.29) is 24.0 Å². The number of carbonyl (C=O) groups is 1. The number of hydrogen-bond acceptors (Lipinski definition) is 6. The average Bonchev–Trinajstić information content (AvgIpc) is 3.38. The molecular weight excluding hydrogens is 448 g/mol. The predicted molar refractivity (Wildman–Crippen MR) is 131 cm³/mol. The Kier molecular flexibility index (Phi) is 6.68. The van der Waals surface area contributed by atoms with Gasteiger partial charge in [-0.2, -0.15) is 5.10 Å². The molecule has 0 aliphatic heterocycles. The highest BCUT2D eigenvalue weighted by Gasteiger charge is 2.18. The molecular formula is C26H26N4O5. The fraction of sp³-hybridized carbons (Fsp3) is 0.231. The smallest absolute Gasteiger partial charge is 0.291 e. The van der Waals surface area contributed by atoms with Gasteiger partial charge in [0.15, 0.2) is 5.76 Å². The van der Waals surface area contributed by atoms with E-state index in [1.807, 2.05) is 43.7 Å². The van der Waals surface area contributed by atoms with Crippen molar-refractivity contribution in [2.24, 2.45) is 0 Å². The van der Waals surface area contributed by atoms with E-state index < -0.39 is 4.92 Å². The number of nitrogens with zero attached hydrogens (tertiary/aromatic N) is 3. The summed E-state index contributed by atoms with van der Waals surface area (Å²) in [5, 5.41) is 18.4. The first-order chi connectivity index (χ1) is 16.7. The number of nitro benzene ring substituents is 1. The summed E-state index contributed by atoms with van der Waals surface area (Å²) in [5.41, 5.74) is 5.06. The molecule has 0 spiro atoms. The number of rotatable bonds is 8. The van der Waals surface area contributed by atoms with Gasteiger partial charge >= 0.3 is 0 Å². The van der Waals surface area contributed by atoms with E-state index in [4.69, 9.17) is 9.15 Å². The number of furan rings is 1. The second-order valence-corrected chi connectivity index (χ2v) is 8.41. The molecule has 4 rings (SSSR count). The maximum atomic E-state index is 12.8. The SMILES string of the molecule is Cc1cccc(Cn2nc(C)c(NC(=O)c3ccc(COc4ccc([N+](=O)[O-])c(C)c4)o3)c2C)c1. The number of nitro groups is 1. The van der Waals surface area contributed by atoms with Crippen molar-refractivity contribution >= 4 is 17.3 Å². The number of carbonyl (C=O) groups excluding carboxylic acids is 1. The molecule has 0 aliphatic rings. The molecule has 9 nitrogen and oxygen atoms in total. The van der Waals surface area contributed by atoms with Crippen molar-refractivity contribution in [2.75, 3.05) is 5.32 Å². The fourth-order valence-electron chi connectivity index (χ4n) is 3.84. The van der Waals surface area contributed by atoms with Crippen LogP contribution in [0.3, 0.4) is 0 Å². The number of amides is 1. The Bertz CT molecular complexity index is 1400. The van der Waals surface area contributed by atoms with E-state index in [1.54, 1.807) is 25.1 Å². The minimum absolute atomic E-state index is 0.0297. The quantitative estimate of drug-likeness (QED) is 0.267. The first-order valence-electron chi connectivity index (χ1n) is 11.1. The van der Waals surface area contributed by atoms with Crippen molar-refractivity contribution in [2.45, 2.75) is 40.8 Å². The second kappa shape index (κ2) is 9.84. The van der Waals surface area contributed by atoms with Gasteiger partial charge in [-0.1, -0.05) is 29.8 Å². The van der Waals surface area contributed by atoms with Crippen LogP contribution in [0, 0.1) is 37.8 Å². The van der Waals surface area contributed by atoms with Crippen LogP contribution in [-0.2, 0) is 13.2 Å². The van der Waals surface area contributed by atoms with Crippen LogP contribution in [0.2, 0.25) is 0 Å². The predicted octanol–water partition coefficient (Wildman–Crippen LogP) is 5.50. The molecule has 0 saturated heterocycles. The van der Waals surface area contributed by atoms with Gasteiger partial charge in [0.05, 0.1) is 28.5 Å². The molecule has 0 saturated carbocycles. The van der Waals surface area contributed by atoms with E-state index in [1.165, 1.54) is 17.7 Å². The first kappa shape index (κ1) is 23.7. The van der Waals surface area contributed by atoms with Gasteiger partial charge in [-0.15, -0.1) is 0 Å². The van der Waals surface area contributed by atoms with Crippen molar-refractivity contribution in [1.29, 1.82) is 0 Å². The van der Waals surface area contributed by atoms with Crippen molar-refractivity contribution < 1.29 is 18.9 Å².